The fraction of sp³-hybridized carbons (Fsp3) is 0.714. The second-order valence-corrected chi connectivity index (χ2v) is 2.75. The number of nitrogens with two attached hydrogens (primary N) is 2. The molecule has 0 amide bonds. The number of hydrogen-bond acceptors (Lipinski definition) is 1. The molecule has 0 aromatic rings. The van der Waals surface area contributed by atoms with Crippen LogP contribution in [0.25, 0.3) is 0 Å². The van der Waals surface area contributed by atoms with Gasteiger partial charge in [0, 0.05) is 12.6 Å². The van der Waals surface area contributed by atoms with Crippen molar-refractivity contribution in [3.8, 4) is 0 Å². The summed E-state index contributed by atoms with van der Waals surface area (Å²) in [7, 11) is 0. The molecule has 0 aromatic heterocycles. The van der Waals surface area contributed by atoms with Gasteiger partial charge in [-0.05, 0) is 19.8 Å². The van der Waals surface area contributed by atoms with Crippen molar-refractivity contribution < 1.29 is 0 Å². The Morgan fingerprint density at radius 3 is 2.58 bits per heavy atom. The van der Waals surface area contributed by atoms with Gasteiger partial charge in [-0.2, -0.15) is 4.99 Å². The van der Waals surface area contributed by atoms with Gasteiger partial charge in [0.25, 0.3) is 0 Å². The zero-order valence-corrected chi connectivity index (χ0v) is 7.25. The van der Waals surface area contributed by atoms with Gasteiger partial charge in [-0.15, -0.1) is 0 Å². The van der Waals surface area contributed by atoms with Gasteiger partial charge in [0.2, 0.25) is 5.96 Å². The molecule has 68 valence electrons. The summed E-state index contributed by atoms with van der Waals surface area (Å²) >= 11 is 0. The van der Waals surface area contributed by atoms with Crippen molar-refractivity contribution in [3.05, 3.63) is 0 Å². The zero-order chi connectivity index (χ0) is 8.97. The monoisotopic (exact) mass is 169 g/mol. The molecule has 1 aliphatic carbocycles. The van der Waals surface area contributed by atoms with Crippen LogP contribution in [-0.4, -0.2) is 24.5 Å². The average molecular weight is 169 g/mol. The summed E-state index contributed by atoms with van der Waals surface area (Å²) in [6.45, 7) is 2.63. The topological polar surface area (TPSA) is 88.8 Å². The van der Waals surface area contributed by atoms with Gasteiger partial charge in [-0.1, -0.05) is 0 Å². The van der Waals surface area contributed by atoms with Gasteiger partial charge < -0.3 is 16.8 Å². The van der Waals surface area contributed by atoms with E-state index in [1.165, 1.54) is 12.8 Å². The summed E-state index contributed by atoms with van der Waals surface area (Å²) < 4.78 is 0. The van der Waals surface area contributed by atoms with Crippen molar-refractivity contribution >= 4 is 11.9 Å². The molecular formula is C7H15N5. The number of nitrogens with zero attached hydrogens (tertiary/aromatic N) is 2. The molecule has 0 radical (unpaired) electrons. The third-order valence-corrected chi connectivity index (χ3v) is 1.45. The lowest BCUT2D eigenvalue weighted by atomic mass is 10.7. The van der Waals surface area contributed by atoms with Crippen LogP contribution < -0.4 is 16.8 Å². The number of aliphatic imine (C=N–C) groups is 2. The molecule has 1 fully saturated rings. The van der Waals surface area contributed by atoms with Crippen LogP contribution in [-0.2, 0) is 0 Å². The van der Waals surface area contributed by atoms with E-state index in [4.69, 9.17) is 11.5 Å². The van der Waals surface area contributed by atoms with Crippen LogP contribution in [0.15, 0.2) is 9.98 Å². The van der Waals surface area contributed by atoms with Gasteiger partial charge in [0.15, 0.2) is 5.96 Å². The first-order chi connectivity index (χ1) is 5.72. The fourth-order valence-electron chi connectivity index (χ4n) is 0.796. The molecule has 5 nitrogen and oxygen atoms in total. The summed E-state index contributed by atoms with van der Waals surface area (Å²) in [5, 5.41) is 3.13. The molecule has 12 heavy (non-hydrogen) atoms. The van der Waals surface area contributed by atoms with Gasteiger partial charge in [-0.25, -0.2) is 0 Å². The Kier molecular flexibility index (Phi) is 2.90. The van der Waals surface area contributed by atoms with Crippen LogP contribution in [0, 0.1) is 0 Å². The van der Waals surface area contributed by atoms with Crippen LogP contribution in [0.1, 0.15) is 19.8 Å². The third-order valence-electron chi connectivity index (χ3n) is 1.45. The Balaban J connectivity index is 2.47. The molecule has 1 rings (SSSR count). The molecule has 0 unspecified atom stereocenters. The fourth-order valence-corrected chi connectivity index (χ4v) is 0.796. The van der Waals surface area contributed by atoms with Crippen LogP contribution in [0.2, 0.25) is 0 Å². The molecule has 0 bridgehead atoms. The van der Waals surface area contributed by atoms with Crippen molar-refractivity contribution in [1.82, 2.24) is 5.32 Å². The Morgan fingerprint density at radius 1 is 1.50 bits per heavy atom. The molecule has 1 saturated carbocycles. The van der Waals surface area contributed by atoms with Gasteiger partial charge >= 0.3 is 0 Å². The lowest BCUT2D eigenvalue weighted by molar-refractivity contribution is 0.884. The van der Waals surface area contributed by atoms with Crippen molar-refractivity contribution in [2.75, 3.05) is 6.54 Å². The van der Waals surface area contributed by atoms with E-state index in [1.807, 2.05) is 6.92 Å². The summed E-state index contributed by atoms with van der Waals surface area (Å²) in [4.78, 5) is 7.96. The van der Waals surface area contributed by atoms with E-state index in [9.17, 15) is 0 Å². The molecule has 1 aliphatic rings. The number of hydrogen-bond donors (Lipinski definition) is 3. The highest BCUT2D eigenvalue weighted by molar-refractivity contribution is 5.93. The minimum atomic E-state index is 0.0513. The second kappa shape index (κ2) is 3.94. The van der Waals surface area contributed by atoms with Gasteiger partial charge in [0.1, 0.15) is 0 Å². The van der Waals surface area contributed by atoms with Crippen LogP contribution >= 0.6 is 0 Å². The SMILES string of the molecule is CCN=C(N=C(N)N)NC1CC1. The maximum atomic E-state index is 5.23. The van der Waals surface area contributed by atoms with E-state index in [2.05, 4.69) is 15.3 Å². The van der Waals surface area contributed by atoms with E-state index in [-0.39, 0.29) is 5.96 Å². The standard InChI is InChI=1S/C7H15N5/c1-2-10-7(12-6(8)9)11-5-3-4-5/h5H,2-4H2,1H3,(H5,8,9,10,11,12). The molecule has 0 spiro atoms. The summed E-state index contributed by atoms with van der Waals surface area (Å²) in [6.07, 6.45) is 2.37. The van der Waals surface area contributed by atoms with E-state index in [0.717, 1.165) is 0 Å². The second-order valence-electron chi connectivity index (χ2n) is 2.75. The van der Waals surface area contributed by atoms with Crippen LogP contribution in [0.5, 0.6) is 0 Å². The largest absolute Gasteiger partial charge is 0.370 e. The first kappa shape index (κ1) is 8.83. The first-order valence-corrected chi connectivity index (χ1v) is 4.13. The summed E-state index contributed by atoms with van der Waals surface area (Å²) in [5.41, 5.74) is 10.5. The van der Waals surface area contributed by atoms with E-state index in [0.29, 0.717) is 18.5 Å². The van der Waals surface area contributed by atoms with E-state index in [1.54, 1.807) is 0 Å². The smallest absolute Gasteiger partial charge is 0.221 e. The predicted octanol–water partition coefficient (Wildman–Crippen LogP) is -0.612. The predicted molar refractivity (Wildman–Crippen MR) is 49.9 cm³/mol. The Morgan fingerprint density at radius 2 is 2.17 bits per heavy atom. The molecular weight excluding hydrogens is 154 g/mol. The average Bonchev–Trinajstić information content (AvgIpc) is 2.70. The molecule has 5 N–H and O–H groups in total. The minimum Gasteiger partial charge on any atom is -0.370 e. The number of nitrogens with one attached hydrogen (secondary N) is 1. The quantitative estimate of drug-likeness (QED) is 0.380. The highest BCUT2D eigenvalue weighted by Crippen LogP contribution is 2.18. The Labute approximate surface area is 71.9 Å². The molecule has 0 atom stereocenters. The van der Waals surface area contributed by atoms with Gasteiger partial charge in [-0.3, -0.25) is 4.99 Å². The van der Waals surface area contributed by atoms with Crippen LogP contribution in [0.4, 0.5) is 0 Å². The normalized spacial score (nSPS) is 17.2. The maximum absolute atomic E-state index is 5.23. The van der Waals surface area contributed by atoms with Crippen molar-refractivity contribution in [2.45, 2.75) is 25.8 Å². The zero-order valence-electron chi connectivity index (χ0n) is 7.25. The molecule has 5 heteroatoms. The van der Waals surface area contributed by atoms with Crippen LogP contribution in [0.3, 0.4) is 0 Å². The minimum absolute atomic E-state index is 0.0513. The Hall–Kier alpha value is -1.26. The summed E-state index contributed by atoms with van der Waals surface area (Å²) in [6, 6.07) is 0.526. The molecule has 0 aromatic carbocycles. The highest BCUT2D eigenvalue weighted by atomic mass is 15.2. The molecule has 0 aliphatic heterocycles. The number of rotatable bonds is 2. The van der Waals surface area contributed by atoms with Crippen molar-refractivity contribution in [3.63, 3.8) is 0 Å². The van der Waals surface area contributed by atoms with E-state index < -0.39 is 0 Å². The van der Waals surface area contributed by atoms with Crippen molar-refractivity contribution in [1.29, 1.82) is 0 Å². The van der Waals surface area contributed by atoms with Crippen molar-refractivity contribution in [2.24, 2.45) is 21.5 Å². The molecule has 0 saturated heterocycles. The maximum Gasteiger partial charge on any atom is 0.221 e. The lowest BCUT2D eigenvalue weighted by Gasteiger charge is -2.02. The highest BCUT2D eigenvalue weighted by Gasteiger charge is 2.22. The summed E-state index contributed by atoms with van der Waals surface area (Å²) in [5.74, 6) is 0.607. The first-order valence-electron chi connectivity index (χ1n) is 4.13. The molecule has 0 heterocycles. The number of guanidine groups is 2. The third kappa shape index (κ3) is 3.23. The lowest BCUT2D eigenvalue weighted by Crippen LogP contribution is -2.30. The van der Waals surface area contributed by atoms with Gasteiger partial charge in [0.05, 0.1) is 0 Å². The van der Waals surface area contributed by atoms with E-state index >= 15 is 0 Å². The Bertz CT molecular complexity index is 200.